The van der Waals surface area contributed by atoms with E-state index >= 15 is 0 Å². The fourth-order valence-corrected chi connectivity index (χ4v) is 2.06. The Morgan fingerprint density at radius 3 is 2.81 bits per heavy atom. The lowest BCUT2D eigenvalue weighted by Gasteiger charge is -2.05. The topological polar surface area (TPSA) is 59.1 Å². The average molecular weight is 311 g/mol. The van der Waals surface area contributed by atoms with Gasteiger partial charge in [-0.25, -0.2) is 17.8 Å². The van der Waals surface area contributed by atoms with Crippen LogP contribution in [0.15, 0.2) is 16.7 Å². The molecule has 0 unspecified atom stereocenters. The molecule has 7 heteroatoms. The second kappa shape index (κ2) is 5.58. The standard InChI is InChI=1S/C9H12BrFN2O2S/c1-16(14,15)4-2-3-12-9-8(11)5-7(10)6-13-9/h5-6H,2-4H2,1H3,(H,12,13). The first kappa shape index (κ1) is 13.4. The van der Waals surface area contributed by atoms with Crippen LogP contribution in [0.1, 0.15) is 6.42 Å². The Morgan fingerprint density at radius 1 is 1.56 bits per heavy atom. The number of nitrogens with one attached hydrogen (secondary N) is 1. The Balaban J connectivity index is 2.43. The number of anilines is 1. The molecule has 1 aromatic rings. The summed E-state index contributed by atoms with van der Waals surface area (Å²) >= 11 is 3.09. The lowest BCUT2D eigenvalue weighted by molar-refractivity contribution is 0.599. The number of pyridine rings is 1. The first-order valence-corrected chi connectivity index (χ1v) is 7.46. The summed E-state index contributed by atoms with van der Waals surface area (Å²) in [6.07, 6.45) is 3.07. The fraction of sp³-hybridized carbons (Fsp3) is 0.444. The molecule has 0 aliphatic heterocycles. The van der Waals surface area contributed by atoms with Gasteiger partial charge in [0.15, 0.2) is 11.6 Å². The van der Waals surface area contributed by atoms with Crippen LogP contribution in [0.25, 0.3) is 0 Å². The van der Waals surface area contributed by atoms with E-state index in [1.54, 1.807) is 0 Å². The molecule has 0 atom stereocenters. The van der Waals surface area contributed by atoms with Crippen molar-refractivity contribution in [2.24, 2.45) is 0 Å². The Bertz CT molecular complexity index is 465. The SMILES string of the molecule is CS(=O)(=O)CCCNc1ncc(Br)cc1F. The minimum absolute atomic E-state index is 0.0815. The molecule has 16 heavy (non-hydrogen) atoms. The van der Waals surface area contributed by atoms with Crippen LogP contribution in [0.4, 0.5) is 10.2 Å². The lowest BCUT2D eigenvalue weighted by Crippen LogP contribution is -2.11. The van der Waals surface area contributed by atoms with E-state index in [-0.39, 0.29) is 11.6 Å². The van der Waals surface area contributed by atoms with E-state index < -0.39 is 15.7 Å². The van der Waals surface area contributed by atoms with Crippen molar-refractivity contribution in [2.75, 3.05) is 23.9 Å². The highest BCUT2D eigenvalue weighted by atomic mass is 79.9. The quantitative estimate of drug-likeness (QED) is 0.843. The molecular weight excluding hydrogens is 299 g/mol. The van der Waals surface area contributed by atoms with Gasteiger partial charge in [-0.05, 0) is 28.4 Å². The minimum atomic E-state index is -2.96. The van der Waals surface area contributed by atoms with Gasteiger partial charge in [0.25, 0.3) is 0 Å². The van der Waals surface area contributed by atoms with Gasteiger partial charge in [-0.2, -0.15) is 0 Å². The highest BCUT2D eigenvalue weighted by molar-refractivity contribution is 9.10. The Kier molecular flexibility index (Phi) is 4.67. The Labute approximate surface area is 102 Å². The van der Waals surface area contributed by atoms with Crippen LogP contribution in [-0.2, 0) is 9.84 Å². The van der Waals surface area contributed by atoms with Crippen molar-refractivity contribution in [3.05, 3.63) is 22.6 Å². The third-order valence-corrected chi connectivity index (χ3v) is 3.26. The molecule has 1 rings (SSSR count). The molecule has 90 valence electrons. The maximum Gasteiger partial charge on any atom is 0.166 e. The Morgan fingerprint density at radius 2 is 2.25 bits per heavy atom. The molecule has 0 spiro atoms. The molecule has 1 heterocycles. The molecule has 1 N–H and O–H groups in total. The van der Waals surface area contributed by atoms with Gasteiger partial charge in [0.2, 0.25) is 0 Å². The van der Waals surface area contributed by atoms with Crippen molar-refractivity contribution < 1.29 is 12.8 Å². The minimum Gasteiger partial charge on any atom is -0.368 e. The predicted octanol–water partition coefficient (Wildman–Crippen LogP) is 1.83. The third-order valence-electron chi connectivity index (χ3n) is 1.79. The van der Waals surface area contributed by atoms with Crippen molar-refractivity contribution in [1.29, 1.82) is 0 Å². The summed E-state index contributed by atoms with van der Waals surface area (Å²) < 4.78 is 35.5. The molecule has 0 saturated heterocycles. The highest BCUT2D eigenvalue weighted by Crippen LogP contribution is 2.15. The molecule has 0 aliphatic rings. The molecular formula is C9H12BrFN2O2S. The second-order valence-corrected chi connectivity index (χ2v) is 6.57. The van der Waals surface area contributed by atoms with Gasteiger partial charge in [0, 0.05) is 23.5 Å². The van der Waals surface area contributed by atoms with Gasteiger partial charge < -0.3 is 5.32 Å². The van der Waals surface area contributed by atoms with Crippen molar-refractivity contribution in [3.8, 4) is 0 Å². The van der Waals surface area contributed by atoms with Crippen LogP contribution in [0.5, 0.6) is 0 Å². The second-order valence-electron chi connectivity index (χ2n) is 3.39. The zero-order valence-electron chi connectivity index (χ0n) is 8.70. The van der Waals surface area contributed by atoms with Gasteiger partial charge in [0.05, 0.1) is 5.75 Å². The van der Waals surface area contributed by atoms with Gasteiger partial charge >= 0.3 is 0 Å². The van der Waals surface area contributed by atoms with E-state index in [0.29, 0.717) is 17.4 Å². The number of rotatable bonds is 5. The number of sulfone groups is 1. The summed E-state index contributed by atoms with van der Waals surface area (Å²) in [4.78, 5) is 3.83. The maximum absolute atomic E-state index is 13.2. The van der Waals surface area contributed by atoms with Crippen molar-refractivity contribution in [1.82, 2.24) is 4.98 Å². The molecule has 0 aliphatic carbocycles. The molecule has 0 radical (unpaired) electrons. The molecule has 4 nitrogen and oxygen atoms in total. The van der Waals surface area contributed by atoms with Crippen LogP contribution in [0.2, 0.25) is 0 Å². The van der Waals surface area contributed by atoms with Crippen LogP contribution < -0.4 is 5.32 Å². The first-order valence-electron chi connectivity index (χ1n) is 4.61. The number of halogens is 2. The number of aromatic nitrogens is 1. The molecule has 0 aromatic carbocycles. The summed E-state index contributed by atoms with van der Waals surface area (Å²) in [5, 5.41) is 2.74. The Hall–Kier alpha value is -0.690. The molecule has 0 fully saturated rings. The van der Waals surface area contributed by atoms with E-state index in [1.807, 2.05) is 0 Å². The third kappa shape index (κ3) is 4.89. The summed E-state index contributed by atoms with van der Waals surface area (Å²) in [6.45, 7) is 0.374. The monoisotopic (exact) mass is 310 g/mol. The largest absolute Gasteiger partial charge is 0.368 e. The maximum atomic E-state index is 13.2. The summed E-state index contributed by atoms with van der Waals surface area (Å²) in [5.74, 6) is -0.247. The van der Waals surface area contributed by atoms with Crippen LogP contribution in [0, 0.1) is 5.82 Å². The van der Waals surface area contributed by atoms with E-state index in [4.69, 9.17) is 0 Å². The van der Waals surface area contributed by atoms with Gasteiger partial charge in [-0.3, -0.25) is 0 Å². The van der Waals surface area contributed by atoms with E-state index in [0.717, 1.165) is 0 Å². The summed E-state index contributed by atoms with van der Waals surface area (Å²) in [6, 6.07) is 1.30. The normalized spacial score (nSPS) is 11.4. The fourth-order valence-electron chi connectivity index (χ4n) is 1.09. The van der Waals surface area contributed by atoms with Crippen LogP contribution >= 0.6 is 15.9 Å². The first-order chi connectivity index (χ1) is 7.38. The number of hydrogen-bond donors (Lipinski definition) is 1. The van der Waals surface area contributed by atoms with Crippen LogP contribution in [-0.4, -0.2) is 32.0 Å². The zero-order valence-corrected chi connectivity index (χ0v) is 11.1. The molecule has 0 amide bonds. The van der Waals surface area contributed by atoms with Gasteiger partial charge in [-0.15, -0.1) is 0 Å². The van der Waals surface area contributed by atoms with Crippen LogP contribution in [0.3, 0.4) is 0 Å². The van der Waals surface area contributed by atoms with E-state index in [9.17, 15) is 12.8 Å². The predicted molar refractivity (Wildman–Crippen MR) is 64.7 cm³/mol. The lowest BCUT2D eigenvalue weighted by atomic mass is 10.4. The highest BCUT2D eigenvalue weighted by Gasteiger charge is 2.05. The van der Waals surface area contributed by atoms with Crippen molar-refractivity contribution in [2.45, 2.75) is 6.42 Å². The van der Waals surface area contributed by atoms with E-state index in [1.165, 1.54) is 18.5 Å². The average Bonchev–Trinajstić information content (AvgIpc) is 2.13. The van der Waals surface area contributed by atoms with Gasteiger partial charge in [-0.1, -0.05) is 0 Å². The van der Waals surface area contributed by atoms with Crippen molar-refractivity contribution >= 4 is 31.6 Å². The number of hydrogen-bond acceptors (Lipinski definition) is 4. The van der Waals surface area contributed by atoms with Gasteiger partial charge in [0.1, 0.15) is 9.84 Å². The molecule has 0 bridgehead atoms. The summed E-state index contributed by atoms with van der Waals surface area (Å²) in [5.41, 5.74) is 0. The smallest absolute Gasteiger partial charge is 0.166 e. The zero-order chi connectivity index (χ0) is 12.2. The molecule has 0 saturated carbocycles. The van der Waals surface area contributed by atoms with E-state index in [2.05, 4.69) is 26.2 Å². The summed E-state index contributed by atoms with van der Waals surface area (Å²) in [7, 11) is -2.96. The number of nitrogens with zero attached hydrogens (tertiary/aromatic N) is 1. The van der Waals surface area contributed by atoms with Crippen molar-refractivity contribution in [3.63, 3.8) is 0 Å². The molecule has 1 aromatic heterocycles.